The van der Waals surface area contributed by atoms with E-state index in [1.54, 1.807) is 13.8 Å². The van der Waals surface area contributed by atoms with E-state index < -0.39 is 40.8 Å². The van der Waals surface area contributed by atoms with Gasteiger partial charge < -0.3 is 9.67 Å². The van der Waals surface area contributed by atoms with E-state index in [9.17, 15) is 22.4 Å². The van der Waals surface area contributed by atoms with Crippen molar-refractivity contribution in [1.29, 1.82) is 0 Å². The number of carboxylic acid groups (broad SMARTS) is 1. The van der Waals surface area contributed by atoms with Gasteiger partial charge in [0.05, 0.1) is 11.3 Å². The first-order valence-corrected chi connectivity index (χ1v) is 6.03. The monoisotopic (exact) mass is 301 g/mol. The smallest absolute Gasteiger partial charge is 0.352 e. The topological polar surface area (TPSA) is 42.2 Å². The number of carbonyl (C=O) groups is 1. The summed E-state index contributed by atoms with van der Waals surface area (Å²) in [6.07, 6.45) is 0. The minimum absolute atomic E-state index is 0.106. The lowest BCUT2D eigenvalue weighted by Gasteiger charge is -2.16. The summed E-state index contributed by atoms with van der Waals surface area (Å²) < 4.78 is 55.4. The van der Waals surface area contributed by atoms with Gasteiger partial charge in [-0.1, -0.05) is 0 Å². The van der Waals surface area contributed by atoms with Crippen molar-refractivity contribution in [1.82, 2.24) is 4.57 Å². The number of benzene rings is 1. The zero-order valence-corrected chi connectivity index (χ0v) is 11.1. The molecule has 3 nitrogen and oxygen atoms in total. The average molecular weight is 301 g/mol. The van der Waals surface area contributed by atoms with Gasteiger partial charge in [0.15, 0.2) is 23.3 Å². The van der Waals surface area contributed by atoms with Gasteiger partial charge in [-0.3, -0.25) is 0 Å². The van der Waals surface area contributed by atoms with Crippen LogP contribution in [0.15, 0.2) is 18.2 Å². The lowest BCUT2D eigenvalue weighted by atomic mass is 10.1. The van der Waals surface area contributed by atoms with Crippen LogP contribution in [0, 0.1) is 23.3 Å². The zero-order valence-electron chi connectivity index (χ0n) is 11.1. The highest BCUT2D eigenvalue weighted by atomic mass is 19.2. The second kappa shape index (κ2) is 5.23. The lowest BCUT2D eigenvalue weighted by Crippen LogP contribution is -2.13. The van der Waals surface area contributed by atoms with E-state index in [1.807, 2.05) is 0 Å². The molecule has 2 aromatic rings. The third-order valence-corrected chi connectivity index (χ3v) is 3.02. The Morgan fingerprint density at radius 1 is 1.10 bits per heavy atom. The van der Waals surface area contributed by atoms with Crippen LogP contribution in [0.2, 0.25) is 0 Å². The molecule has 0 bridgehead atoms. The number of halogens is 4. The van der Waals surface area contributed by atoms with E-state index in [0.717, 1.165) is 16.7 Å². The molecule has 112 valence electrons. The maximum atomic E-state index is 13.8. The molecule has 1 aromatic carbocycles. The number of rotatable bonds is 3. The highest BCUT2D eigenvalue weighted by molar-refractivity contribution is 5.87. The molecule has 1 aromatic heterocycles. The third-order valence-electron chi connectivity index (χ3n) is 3.02. The van der Waals surface area contributed by atoms with Crippen molar-refractivity contribution < 1.29 is 27.5 Å². The minimum atomic E-state index is -1.56. The zero-order chi connectivity index (χ0) is 15.9. The second-order valence-electron chi connectivity index (χ2n) is 4.72. The van der Waals surface area contributed by atoms with Crippen LogP contribution in [0.4, 0.5) is 17.6 Å². The third kappa shape index (κ3) is 2.39. The van der Waals surface area contributed by atoms with E-state index in [1.165, 1.54) is 0 Å². The maximum absolute atomic E-state index is 13.8. The molecular formula is C14H11F4NO2. The molecule has 0 unspecified atom stereocenters. The molecule has 0 saturated carbocycles. The first kappa shape index (κ1) is 15.1. The van der Waals surface area contributed by atoms with E-state index >= 15 is 0 Å². The summed E-state index contributed by atoms with van der Waals surface area (Å²) in [6.45, 7) is 3.17. The first-order valence-electron chi connectivity index (χ1n) is 6.03. The fourth-order valence-electron chi connectivity index (χ4n) is 2.18. The van der Waals surface area contributed by atoms with Crippen LogP contribution in [-0.4, -0.2) is 15.6 Å². The van der Waals surface area contributed by atoms with Crippen molar-refractivity contribution >= 4 is 5.97 Å². The number of hydrogen-bond donors (Lipinski definition) is 1. The van der Waals surface area contributed by atoms with Gasteiger partial charge in [-0.05, 0) is 26.0 Å². The van der Waals surface area contributed by atoms with Crippen LogP contribution in [0.1, 0.15) is 30.4 Å². The van der Waals surface area contributed by atoms with Gasteiger partial charge in [-0.2, -0.15) is 0 Å². The molecule has 0 spiro atoms. The van der Waals surface area contributed by atoms with E-state index in [2.05, 4.69) is 0 Å². The number of aromatic nitrogens is 1. The predicted octanol–water partition coefficient (Wildman–Crippen LogP) is 3.99. The van der Waals surface area contributed by atoms with Crippen LogP contribution in [0.3, 0.4) is 0 Å². The average Bonchev–Trinajstić information content (AvgIpc) is 2.81. The molecule has 0 saturated heterocycles. The number of carboxylic acids is 1. The van der Waals surface area contributed by atoms with Crippen molar-refractivity contribution in [3.8, 4) is 11.3 Å². The summed E-state index contributed by atoms with van der Waals surface area (Å²) in [5.74, 6) is -7.53. The molecule has 0 aliphatic rings. The number of aromatic carboxylic acids is 1. The molecule has 7 heteroatoms. The van der Waals surface area contributed by atoms with E-state index in [0.29, 0.717) is 0 Å². The molecule has 0 radical (unpaired) electrons. The van der Waals surface area contributed by atoms with Crippen LogP contribution in [0.5, 0.6) is 0 Å². The van der Waals surface area contributed by atoms with E-state index in [4.69, 9.17) is 5.11 Å². The fraction of sp³-hybridized carbons (Fsp3) is 0.214. The lowest BCUT2D eigenvalue weighted by molar-refractivity contribution is 0.0683. The molecule has 0 aliphatic carbocycles. The fourth-order valence-corrected chi connectivity index (χ4v) is 2.18. The molecule has 0 fully saturated rings. The summed E-state index contributed by atoms with van der Waals surface area (Å²) in [4.78, 5) is 11.1. The Bertz CT molecular complexity index is 696. The SMILES string of the molecule is CC(C)n1c(C(=O)O)ccc1-c1c(F)c(F)cc(F)c1F. The largest absolute Gasteiger partial charge is 0.477 e. The maximum Gasteiger partial charge on any atom is 0.352 e. The minimum Gasteiger partial charge on any atom is -0.477 e. The van der Waals surface area contributed by atoms with Gasteiger partial charge in [-0.25, -0.2) is 22.4 Å². The molecule has 2 rings (SSSR count). The molecule has 1 N–H and O–H groups in total. The molecule has 0 atom stereocenters. The second-order valence-corrected chi connectivity index (χ2v) is 4.72. The van der Waals surface area contributed by atoms with Gasteiger partial charge in [0, 0.05) is 12.1 Å². The molecular weight excluding hydrogens is 290 g/mol. The first-order chi connectivity index (χ1) is 9.75. The van der Waals surface area contributed by atoms with Crippen molar-refractivity contribution in [3.63, 3.8) is 0 Å². The molecule has 1 heterocycles. The van der Waals surface area contributed by atoms with Gasteiger partial charge in [-0.15, -0.1) is 0 Å². The Hall–Kier alpha value is -2.31. The summed E-state index contributed by atoms with van der Waals surface area (Å²) in [6, 6.07) is 1.87. The van der Waals surface area contributed by atoms with Gasteiger partial charge in [0.2, 0.25) is 0 Å². The highest BCUT2D eigenvalue weighted by Gasteiger charge is 2.26. The summed E-state index contributed by atoms with van der Waals surface area (Å²) in [5.41, 5.74) is -1.40. The van der Waals surface area contributed by atoms with Crippen molar-refractivity contribution in [2.75, 3.05) is 0 Å². The molecule has 0 amide bonds. The Morgan fingerprint density at radius 3 is 2.05 bits per heavy atom. The summed E-state index contributed by atoms with van der Waals surface area (Å²) >= 11 is 0. The van der Waals surface area contributed by atoms with Crippen LogP contribution in [-0.2, 0) is 0 Å². The predicted molar refractivity (Wildman–Crippen MR) is 67.0 cm³/mol. The standard InChI is InChI=1S/C14H11F4NO2/c1-6(2)19-9(3-4-10(19)14(20)21)11-12(17)7(15)5-8(16)13(11)18/h3-6H,1-2H3,(H,20,21). The van der Waals surface area contributed by atoms with Gasteiger partial charge in [0.25, 0.3) is 0 Å². The molecule has 0 aliphatic heterocycles. The summed E-state index contributed by atoms with van der Waals surface area (Å²) in [7, 11) is 0. The molecule has 21 heavy (non-hydrogen) atoms. The summed E-state index contributed by atoms with van der Waals surface area (Å²) in [5, 5.41) is 9.07. The Labute approximate surface area is 117 Å². The number of hydrogen-bond acceptors (Lipinski definition) is 1. The van der Waals surface area contributed by atoms with E-state index in [-0.39, 0.29) is 17.5 Å². The Kier molecular flexibility index (Phi) is 3.76. The van der Waals surface area contributed by atoms with Crippen LogP contribution >= 0.6 is 0 Å². The van der Waals surface area contributed by atoms with Gasteiger partial charge in [0.1, 0.15) is 5.69 Å². The number of nitrogens with zero attached hydrogens (tertiary/aromatic N) is 1. The van der Waals surface area contributed by atoms with Crippen molar-refractivity contribution in [2.24, 2.45) is 0 Å². The van der Waals surface area contributed by atoms with Crippen molar-refractivity contribution in [3.05, 3.63) is 47.2 Å². The quantitative estimate of drug-likeness (QED) is 0.688. The normalized spacial score (nSPS) is 11.2. The Balaban J connectivity index is 2.83. The highest BCUT2D eigenvalue weighted by Crippen LogP contribution is 2.33. The Morgan fingerprint density at radius 2 is 1.62 bits per heavy atom. The van der Waals surface area contributed by atoms with Crippen LogP contribution in [0.25, 0.3) is 11.3 Å². The van der Waals surface area contributed by atoms with Crippen molar-refractivity contribution in [2.45, 2.75) is 19.9 Å². The van der Waals surface area contributed by atoms with Gasteiger partial charge >= 0.3 is 5.97 Å². The van der Waals surface area contributed by atoms with Crippen LogP contribution < -0.4 is 0 Å².